The van der Waals surface area contributed by atoms with E-state index >= 15 is 0 Å². The molecule has 0 amide bonds. The van der Waals surface area contributed by atoms with Crippen LogP contribution in [0.3, 0.4) is 0 Å². The van der Waals surface area contributed by atoms with Gasteiger partial charge in [-0.25, -0.2) is 9.97 Å². The molecule has 1 atom stereocenters. The van der Waals surface area contributed by atoms with E-state index in [0.29, 0.717) is 27.9 Å². The van der Waals surface area contributed by atoms with E-state index in [1.54, 1.807) is 10.9 Å². The summed E-state index contributed by atoms with van der Waals surface area (Å²) in [7, 11) is 3.94. The van der Waals surface area contributed by atoms with Crippen molar-refractivity contribution in [3.63, 3.8) is 0 Å². The molecular formula is C23H21ClN8. The lowest BCUT2D eigenvalue weighted by molar-refractivity contribution is 0.414. The largest absolute Gasteiger partial charge is 0.364 e. The number of hydrogen-bond acceptors (Lipinski definition) is 7. The van der Waals surface area contributed by atoms with Crippen LogP contribution in [-0.2, 0) is 7.05 Å². The molecular weight excluding hydrogens is 424 g/mol. The van der Waals surface area contributed by atoms with Crippen LogP contribution in [0.1, 0.15) is 12.1 Å². The fourth-order valence-electron chi connectivity index (χ4n) is 4.07. The van der Waals surface area contributed by atoms with Gasteiger partial charge in [0.25, 0.3) is 0 Å². The molecule has 1 aromatic carbocycles. The van der Waals surface area contributed by atoms with Crippen molar-refractivity contribution in [2.75, 3.05) is 25.5 Å². The quantitative estimate of drug-likeness (QED) is 0.512. The monoisotopic (exact) mass is 444 g/mol. The van der Waals surface area contributed by atoms with E-state index < -0.39 is 0 Å². The van der Waals surface area contributed by atoms with Crippen LogP contribution >= 0.6 is 11.6 Å². The van der Waals surface area contributed by atoms with E-state index in [2.05, 4.69) is 33.4 Å². The van der Waals surface area contributed by atoms with E-state index in [0.717, 1.165) is 36.0 Å². The van der Waals surface area contributed by atoms with Gasteiger partial charge in [0, 0.05) is 43.0 Å². The van der Waals surface area contributed by atoms with Crippen LogP contribution in [0, 0.1) is 11.3 Å². The number of rotatable bonds is 4. The van der Waals surface area contributed by atoms with Crippen LogP contribution in [0.2, 0.25) is 5.02 Å². The van der Waals surface area contributed by atoms with Gasteiger partial charge in [-0.1, -0.05) is 17.7 Å². The summed E-state index contributed by atoms with van der Waals surface area (Å²) in [6.07, 6.45) is 4.55. The second-order valence-electron chi connectivity index (χ2n) is 8.03. The number of aryl methyl sites for hydroxylation is 1. The van der Waals surface area contributed by atoms with Gasteiger partial charge in [0.15, 0.2) is 11.5 Å². The average Bonchev–Trinajstić information content (AvgIpc) is 3.41. The molecule has 1 fully saturated rings. The van der Waals surface area contributed by atoms with Crippen LogP contribution in [0.4, 0.5) is 5.82 Å². The van der Waals surface area contributed by atoms with E-state index in [-0.39, 0.29) is 11.7 Å². The van der Waals surface area contributed by atoms with E-state index in [9.17, 15) is 5.26 Å². The van der Waals surface area contributed by atoms with Gasteiger partial charge in [0.05, 0.1) is 10.5 Å². The van der Waals surface area contributed by atoms with Crippen molar-refractivity contribution >= 4 is 28.3 Å². The normalized spacial score (nSPS) is 16.4. The SMILES string of the molecule is CN1CCC(Nc2nc(-c3ccn(C)n3)c(-c3cc(Cl)c4ncccc4c3)nc2C#N)C1. The first-order valence-corrected chi connectivity index (χ1v) is 10.7. The Morgan fingerprint density at radius 1 is 1.19 bits per heavy atom. The van der Waals surface area contributed by atoms with Crippen molar-refractivity contribution in [1.82, 2.24) is 29.6 Å². The first-order chi connectivity index (χ1) is 15.5. The molecule has 5 rings (SSSR count). The maximum atomic E-state index is 9.85. The number of nitriles is 1. The highest BCUT2D eigenvalue weighted by Gasteiger charge is 2.24. The van der Waals surface area contributed by atoms with Crippen LogP contribution in [0.25, 0.3) is 33.5 Å². The van der Waals surface area contributed by atoms with Crippen molar-refractivity contribution in [1.29, 1.82) is 5.26 Å². The van der Waals surface area contributed by atoms with E-state index in [1.807, 2.05) is 43.6 Å². The number of anilines is 1. The fourth-order valence-corrected chi connectivity index (χ4v) is 4.34. The van der Waals surface area contributed by atoms with Crippen molar-refractivity contribution in [3.8, 4) is 28.7 Å². The summed E-state index contributed by atoms with van der Waals surface area (Å²) in [6.45, 7) is 1.89. The minimum Gasteiger partial charge on any atom is -0.364 e. The zero-order valence-corrected chi connectivity index (χ0v) is 18.5. The first kappa shape index (κ1) is 20.4. The second-order valence-corrected chi connectivity index (χ2v) is 8.44. The molecule has 0 radical (unpaired) electrons. The highest BCUT2D eigenvalue weighted by Crippen LogP contribution is 2.35. The summed E-state index contributed by atoms with van der Waals surface area (Å²) >= 11 is 6.53. The predicted octanol–water partition coefficient (Wildman–Crippen LogP) is 3.73. The number of likely N-dealkylation sites (N-methyl/N-ethyl adjacent to an activating group) is 1. The zero-order valence-electron chi connectivity index (χ0n) is 17.7. The number of fused-ring (bicyclic) bond motifs is 1. The van der Waals surface area contributed by atoms with Gasteiger partial charge in [0.1, 0.15) is 23.2 Å². The van der Waals surface area contributed by atoms with E-state index in [4.69, 9.17) is 21.6 Å². The van der Waals surface area contributed by atoms with E-state index in [1.165, 1.54) is 0 Å². The number of hydrogen-bond donors (Lipinski definition) is 1. The van der Waals surface area contributed by atoms with Crippen molar-refractivity contribution in [2.45, 2.75) is 12.5 Å². The Balaban J connectivity index is 1.69. The maximum absolute atomic E-state index is 9.85. The summed E-state index contributed by atoms with van der Waals surface area (Å²) in [5, 5.41) is 19.2. The van der Waals surface area contributed by atoms with Crippen LogP contribution < -0.4 is 5.32 Å². The Kier molecular flexibility index (Phi) is 5.21. The predicted molar refractivity (Wildman–Crippen MR) is 124 cm³/mol. The average molecular weight is 445 g/mol. The number of aromatic nitrogens is 5. The molecule has 1 aliphatic rings. The lowest BCUT2D eigenvalue weighted by Crippen LogP contribution is -2.25. The molecule has 160 valence electrons. The molecule has 0 saturated carbocycles. The van der Waals surface area contributed by atoms with Gasteiger partial charge >= 0.3 is 0 Å². The first-order valence-electron chi connectivity index (χ1n) is 10.3. The number of pyridine rings is 1. The molecule has 9 heteroatoms. The Morgan fingerprint density at radius 3 is 2.78 bits per heavy atom. The summed E-state index contributed by atoms with van der Waals surface area (Å²) in [6, 6.07) is 11.9. The molecule has 32 heavy (non-hydrogen) atoms. The van der Waals surface area contributed by atoms with Gasteiger partial charge in [-0.15, -0.1) is 0 Å². The Labute approximate surface area is 190 Å². The molecule has 1 aliphatic heterocycles. The molecule has 1 saturated heterocycles. The standard InChI is InChI=1S/C23H21ClN8/c1-31-8-5-16(13-31)27-23-19(12-25)28-21(22(29-23)18-6-9-32(2)30-18)15-10-14-4-3-7-26-20(14)17(24)11-15/h3-4,6-7,9-11,16H,5,8,13H2,1-2H3,(H,27,29). The molecule has 0 spiro atoms. The second kappa shape index (κ2) is 8.19. The van der Waals surface area contributed by atoms with Crippen molar-refractivity contribution < 1.29 is 0 Å². The molecule has 1 N–H and O–H groups in total. The third-order valence-corrected chi connectivity index (χ3v) is 5.91. The molecule has 3 aromatic heterocycles. The molecule has 8 nitrogen and oxygen atoms in total. The van der Waals surface area contributed by atoms with Crippen LogP contribution in [0.5, 0.6) is 0 Å². The van der Waals surface area contributed by atoms with Gasteiger partial charge in [-0.2, -0.15) is 10.4 Å². The maximum Gasteiger partial charge on any atom is 0.183 e. The summed E-state index contributed by atoms with van der Waals surface area (Å²) < 4.78 is 1.72. The smallest absolute Gasteiger partial charge is 0.183 e. The topological polar surface area (TPSA) is 95.6 Å². The van der Waals surface area contributed by atoms with Gasteiger partial charge in [-0.3, -0.25) is 9.67 Å². The van der Waals surface area contributed by atoms with Crippen molar-refractivity contribution in [3.05, 3.63) is 53.4 Å². The lowest BCUT2D eigenvalue weighted by atomic mass is 10.0. The van der Waals surface area contributed by atoms with Gasteiger partial charge in [0.2, 0.25) is 0 Å². The van der Waals surface area contributed by atoms with Gasteiger partial charge in [-0.05, 0) is 44.3 Å². The third kappa shape index (κ3) is 3.77. The third-order valence-electron chi connectivity index (χ3n) is 5.62. The molecule has 4 aromatic rings. The summed E-state index contributed by atoms with van der Waals surface area (Å²) in [4.78, 5) is 16.2. The molecule has 0 bridgehead atoms. The Hall–Kier alpha value is -3.54. The Morgan fingerprint density at radius 2 is 2.06 bits per heavy atom. The van der Waals surface area contributed by atoms with Gasteiger partial charge < -0.3 is 10.2 Å². The fraction of sp³-hybridized carbons (Fsp3) is 0.261. The highest BCUT2D eigenvalue weighted by atomic mass is 35.5. The number of benzene rings is 1. The minimum absolute atomic E-state index is 0.213. The molecule has 4 heterocycles. The molecule has 0 aliphatic carbocycles. The van der Waals surface area contributed by atoms with Crippen LogP contribution in [0.15, 0.2) is 42.7 Å². The van der Waals surface area contributed by atoms with Crippen molar-refractivity contribution in [2.24, 2.45) is 7.05 Å². The molecule has 1 unspecified atom stereocenters. The summed E-state index contributed by atoms with van der Waals surface area (Å²) in [5.74, 6) is 0.478. The van der Waals surface area contributed by atoms with Crippen LogP contribution in [-0.4, -0.2) is 55.8 Å². The minimum atomic E-state index is 0.213. The number of nitrogens with one attached hydrogen (secondary N) is 1. The number of likely N-dealkylation sites (tertiary alicyclic amines) is 1. The zero-order chi connectivity index (χ0) is 22.2. The number of nitrogens with zero attached hydrogens (tertiary/aromatic N) is 7. The highest BCUT2D eigenvalue weighted by molar-refractivity contribution is 6.35. The Bertz CT molecular complexity index is 1360. The lowest BCUT2D eigenvalue weighted by Gasteiger charge is -2.17. The number of halogens is 1. The summed E-state index contributed by atoms with van der Waals surface area (Å²) in [5.41, 5.74) is 3.55.